The van der Waals surface area contributed by atoms with Crippen molar-refractivity contribution in [1.82, 2.24) is 20.0 Å². The first-order valence-corrected chi connectivity index (χ1v) is 15.3. The van der Waals surface area contributed by atoms with E-state index in [2.05, 4.69) is 24.6 Å². The van der Waals surface area contributed by atoms with E-state index in [4.69, 9.17) is 9.57 Å². The van der Waals surface area contributed by atoms with E-state index in [1.54, 1.807) is 38.0 Å². The minimum atomic E-state index is -4.45. The molecule has 0 unspecified atom stereocenters. The van der Waals surface area contributed by atoms with Crippen LogP contribution in [0.1, 0.15) is 26.3 Å². The number of nitrogens with one attached hydrogen (secondary N) is 1. The third kappa shape index (κ3) is 6.26. The summed E-state index contributed by atoms with van der Waals surface area (Å²) >= 11 is 0. The van der Waals surface area contributed by atoms with E-state index >= 15 is 0 Å². The van der Waals surface area contributed by atoms with E-state index in [9.17, 15) is 22.0 Å². The minimum Gasteiger partial charge on any atom is -0.480 e. The van der Waals surface area contributed by atoms with Crippen LogP contribution in [-0.4, -0.2) is 67.7 Å². The lowest BCUT2D eigenvalue weighted by molar-refractivity contribution is -0.201. The number of hydrogen-bond donors (Lipinski definition) is 1. The number of benzene rings is 2. The fourth-order valence-electron chi connectivity index (χ4n) is 4.58. The molecule has 2 aromatic carbocycles. The van der Waals surface area contributed by atoms with Crippen LogP contribution in [0.2, 0.25) is 0 Å². The van der Waals surface area contributed by atoms with Gasteiger partial charge in [-0.2, -0.15) is 0 Å². The SMILES string of the molecule is COc1ncc(-c2ccc3ncnc(N4CCN(OC(=O)C(C)(C)C)CC4)c3c2)cc1S(=O)(=O)Nc1ccc(C)c(F)c1F. The van der Waals surface area contributed by atoms with Gasteiger partial charge in [-0.1, -0.05) is 12.1 Å². The lowest BCUT2D eigenvalue weighted by Gasteiger charge is -2.35. The number of carbonyl (C=O) groups excluding carboxylic acids is 1. The standard InChI is InChI=1S/C30H32F2N6O5S/c1-18-6-8-23(26(32)25(18)31)36-44(40,41)24-15-20(16-33-28(24)42-5)19-7-9-22-21(14-19)27(35-17-34-22)37-10-12-38(13-11-37)43-29(39)30(2,3)4/h6-9,14-17,36H,10-13H2,1-5H3. The van der Waals surface area contributed by atoms with Gasteiger partial charge in [-0.25, -0.2) is 36.9 Å². The third-order valence-corrected chi connectivity index (χ3v) is 8.49. The van der Waals surface area contributed by atoms with Crippen molar-refractivity contribution in [2.75, 3.05) is 42.9 Å². The number of ether oxygens (including phenoxy) is 1. The first kappa shape index (κ1) is 31.0. The predicted octanol–water partition coefficient (Wildman–Crippen LogP) is 4.71. The summed E-state index contributed by atoms with van der Waals surface area (Å²) in [5, 5.41) is 2.37. The van der Waals surface area contributed by atoms with E-state index in [1.807, 2.05) is 6.07 Å². The third-order valence-electron chi connectivity index (χ3n) is 7.13. The molecule has 4 aromatic rings. The molecule has 2 aromatic heterocycles. The number of aryl methyl sites for hydroxylation is 1. The number of hydrogen-bond acceptors (Lipinski definition) is 10. The van der Waals surface area contributed by atoms with Crippen molar-refractivity contribution in [2.24, 2.45) is 5.41 Å². The number of nitrogens with zero attached hydrogens (tertiary/aromatic N) is 5. The summed E-state index contributed by atoms with van der Waals surface area (Å²) in [5.74, 6) is -2.31. The Morgan fingerprint density at radius 2 is 1.68 bits per heavy atom. The maximum absolute atomic E-state index is 14.5. The zero-order valence-electron chi connectivity index (χ0n) is 24.9. The zero-order chi connectivity index (χ0) is 31.8. The van der Waals surface area contributed by atoms with Crippen molar-refractivity contribution in [3.05, 3.63) is 66.1 Å². The Hall–Kier alpha value is -4.43. The molecule has 0 amide bonds. The van der Waals surface area contributed by atoms with Crippen LogP contribution in [0.3, 0.4) is 0 Å². The van der Waals surface area contributed by atoms with E-state index in [-0.39, 0.29) is 22.3 Å². The van der Waals surface area contributed by atoms with Crippen LogP contribution in [0.25, 0.3) is 22.0 Å². The van der Waals surface area contributed by atoms with E-state index in [1.165, 1.54) is 38.7 Å². The molecule has 0 bridgehead atoms. The largest absolute Gasteiger partial charge is 0.480 e. The molecule has 1 saturated heterocycles. The summed E-state index contributed by atoms with van der Waals surface area (Å²) in [6, 6.07) is 9.16. The van der Waals surface area contributed by atoms with Crippen LogP contribution >= 0.6 is 0 Å². The van der Waals surface area contributed by atoms with Crippen LogP contribution in [0.4, 0.5) is 20.3 Å². The normalized spacial score (nSPS) is 14.5. The van der Waals surface area contributed by atoms with Gasteiger partial charge in [0.05, 0.1) is 36.8 Å². The molecule has 11 nitrogen and oxygen atoms in total. The topological polar surface area (TPSA) is 127 Å². The van der Waals surface area contributed by atoms with Gasteiger partial charge in [0.15, 0.2) is 11.6 Å². The van der Waals surface area contributed by atoms with Gasteiger partial charge in [-0.3, -0.25) is 4.72 Å². The molecule has 3 heterocycles. The van der Waals surface area contributed by atoms with Gasteiger partial charge >= 0.3 is 5.97 Å². The molecule has 0 spiro atoms. The monoisotopic (exact) mass is 626 g/mol. The number of rotatable bonds is 7. The molecule has 44 heavy (non-hydrogen) atoms. The lowest BCUT2D eigenvalue weighted by atomic mass is 9.98. The molecule has 1 aliphatic rings. The smallest absolute Gasteiger partial charge is 0.330 e. The second-order valence-electron chi connectivity index (χ2n) is 11.4. The summed E-state index contributed by atoms with van der Waals surface area (Å²) in [7, 11) is -3.19. The average molecular weight is 627 g/mol. The number of hydroxylamine groups is 2. The Morgan fingerprint density at radius 1 is 0.955 bits per heavy atom. The number of methoxy groups -OCH3 is 1. The first-order valence-electron chi connectivity index (χ1n) is 13.8. The van der Waals surface area contributed by atoms with E-state index < -0.39 is 32.8 Å². The Kier molecular flexibility index (Phi) is 8.40. The van der Waals surface area contributed by atoms with Gasteiger partial charge in [0.1, 0.15) is 17.0 Å². The maximum Gasteiger partial charge on any atom is 0.330 e. The van der Waals surface area contributed by atoms with Crippen molar-refractivity contribution in [2.45, 2.75) is 32.6 Å². The molecule has 232 valence electrons. The number of carbonyl (C=O) groups is 1. The summed E-state index contributed by atoms with van der Waals surface area (Å²) in [4.78, 5) is 32.6. The van der Waals surface area contributed by atoms with Gasteiger partial charge in [0, 0.05) is 30.2 Å². The molecule has 0 aliphatic carbocycles. The molecule has 5 rings (SSSR count). The van der Waals surface area contributed by atoms with Crippen molar-refractivity contribution < 1.29 is 31.6 Å². The zero-order valence-corrected chi connectivity index (χ0v) is 25.7. The molecule has 1 aliphatic heterocycles. The number of pyridine rings is 1. The van der Waals surface area contributed by atoms with Gasteiger partial charge in [0.25, 0.3) is 10.0 Å². The maximum atomic E-state index is 14.5. The van der Waals surface area contributed by atoms with Gasteiger partial charge in [-0.15, -0.1) is 5.06 Å². The number of fused-ring (bicyclic) bond motifs is 1. The summed E-state index contributed by atoms with van der Waals surface area (Å²) < 4.78 is 62.6. The van der Waals surface area contributed by atoms with Crippen LogP contribution < -0.4 is 14.4 Å². The first-order chi connectivity index (χ1) is 20.8. The Labute approximate surface area is 253 Å². The van der Waals surface area contributed by atoms with E-state index in [0.717, 1.165) is 11.5 Å². The van der Waals surface area contributed by atoms with Crippen molar-refractivity contribution in [1.29, 1.82) is 0 Å². The number of piperazine rings is 1. The molecule has 0 radical (unpaired) electrons. The highest BCUT2D eigenvalue weighted by molar-refractivity contribution is 7.92. The van der Waals surface area contributed by atoms with Gasteiger partial charge in [-0.05, 0) is 63.1 Å². The number of sulfonamides is 1. The summed E-state index contributed by atoms with van der Waals surface area (Å²) in [6.07, 6.45) is 2.93. The van der Waals surface area contributed by atoms with Gasteiger partial charge in [0.2, 0.25) is 5.88 Å². The van der Waals surface area contributed by atoms with Gasteiger partial charge < -0.3 is 14.5 Å². The highest BCUT2D eigenvalue weighted by Crippen LogP contribution is 2.33. The van der Waals surface area contributed by atoms with E-state index in [0.29, 0.717) is 48.6 Å². The molecular weight excluding hydrogens is 594 g/mol. The molecule has 0 saturated carbocycles. The van der Waals surface area contributed by atoms with Crippen LogP contribution in [-0.2, 0) is 19.7 Å². The predicted molar refractivity (Wildman–Crippen MR) is 161 cm³/mol. The number of aromatic nitrogens is 3. The fraction of sp³-hybridized carbons (Fsp3) is 0.333. The average Bonchev–Trinajstić information content (AvgIpc) is 3.00. The van der Waals surface area contributed by atoms with Crippen LogP contribution in [0.5, 0.6) is 5.88 Å². The Morgan fingerprint density at radius 3 is 2.36 bits per heavy atom. The highest BCUT2D eigenvalue weighted by atomic mass is 32.2. The van der Waals surface area contributed by atoms with Crippen LogP contribution in [0, 0.1) is 24.0 Å². The van der Waals surface area contributed by atoms with Crippen molar-refractivity contribution >= 4 is 38.4 Å². The fourth-order valence-corrected chi connectivity index (χ4v) is 5.79. The summed E-state index contributed by atoms with van der Waals surface area (Å²) in [6.45, 7) is 8.82. The molecule has 1 N–H and O–H groups in total. The number of anilines is 2. The Bertz CT molecular complexity index is 1840. The number of halogens is 2. The highest BCUT2D eigenvalue weighted by Gasteiger charge is 2.29. The Balaban J connectivity index is 1.45. The van der Waals surface area contributed by atoms with Crippen molar-refractivity contribution in [3.63, 3.8) is 0 Å². The molecule has 1 fully saturated rings. The molecule has 0 atom stereocenters. The van der Waals surface area contributed by atoms with Crippen LogP contribution in [0.15, 0.2) is 53.8 Å². The molecular formula is C30H32F2N6O5S. The second-order valence-corrected chi connectivity index (χ2v) is 13.0. The van der Waals surface area contributed by atoms with Crippen molar-refractivity contribution in [3.8, 4) is 17.0 Å². The lowest BCUT2D eigenvalue weighted by Crippen LogP contribution is -2.48. The molecule has 14 heteroatoms. The minimum absolute atomic E-state index is 0.0391. The summed E-state index contributed by atoms with van der Waals surface area (Å²) in [5.41, 5.74) is 0.603. The quantitative estimate of drug-likeness (QED) is 0.308. The second kappa shape index (κ2) is 11.9.